The molecule has 2 nitrogen and oxygen atoms in total. The highest BCUT2D eigenvalue weighted by molar-refractivity contribution is 7.08. The third-order valence-corrected chi connectivity index (χ3v) is 5.03. The van der Waals surface area contributed by atoms with Crippen LogP contribution in [0.4, 0.5) is 0 Å². The standard InChI is InChI=1S/C13H20O2S/c1-11(2)12(3,4)14-9-7-16-8-10(9)15-13(11,5)6/h7-8H,1-6H3. The molecule has 1 aliphatic rings. The Labute approximate surface area is 102 Å². The molecular formula is C13H20O2S. The third-order valence-electron chi connectivity index (χ3n) is 4.33. The Morgan fingerprint density at radius 3 is 1.56 bits per heavy atom. The fourth-order valence-electron chi connectivity index (χ4n) is 1.95. The zero-order valence-corrected chi connectivity index (χ0v) is 11.7. The number of ether oxygens (including phenoxy) is 2. The second-order valence-corrected chi connectivity index (χ2v) is 6.69. The lowest BCUT2D eigenvalue weighted by atomic mass is 9.66. The Bertz CT molecular complexity index is 367. The third kappa shape index (κ3) is 1.45. The van der Waals surface area contributed by atoms with Crippen LogP contribution in [0, 0.1) is 5.41 Å². The second-order valence-electron chi connectivity index (χ2n) is 5.95. The lowest BCUT2D eigenvalue weighted by Gasteiger charge is -2.48. The van der Waals surface area contributed by atoms with Gasteiger partial charge in [-0.25, -0.2) is 0 Å². The molecule has 0 atom stereocenters. The van der Waals surface area contributed by atoms with E-state index in [0.29, 0.717) is 0 Å². The van der Waals surface area contributed by atoms with Crippen molar-refractivity contribution in [2.45, 2.75) is 52.7 Å². The summed E-state index contributed by atoms with van der Waals surface area (Å²) < 4.78 is 12.2. The Balaban J connectivity index is 2.55. The van der Waals surface area contributed by atoms with Crippen LogP contribution in [-0.4, -0.2) is 11.2 Å². The van der Waals surface area contributed by atoms with Crippen LogP contribution in [0.15, 0.2) is 10.8 Å². The molecule has 90 valence electrons. The molecular weight excluding hydrogens is 220 g/mol. The summed E-state index contributed by atoms with van der Waals surface area (Å²) in [5.74, 6) is 1.74. The first kappa shape index (κ1) is 11.8. The van der Waals surface area contributed by atoms with Crippen LogP contribution in [0.5, 0.6) is 11.5 Å². The van der Waals surface area contributed by atoms with E-state index in [-0.39, 0.29) is 16.6 Å². The highest BCUT2D eigenvalue weighted by atomic mass is 32.1. The van der Waals surface area contributed by atoms with Crippen molar-refractivity contribution in [1.29, 1.82) is 0 Å². The summed E-state index contributed by atoms with van der Waals surface area (Å²) in [5, 5.41) is 4.02. The van der Waals surface area contributed by atoms with E-state index in [0.717, 1.165) is 11.5 Å². The number of hydrogen-bond acceptors (Lipinski definition) is 3. The monoisotopic (exact) mass is 240 g/mol. The van der Waals surface area contributed by atoms with Crippen LogP contribution in [0.2, 0.25) is 0 Å². The van der Waals surface area contributed by atoms with Gasteiger partial charge in [0, 0.05) is 16.2 Å². The molecule has 2 heterocycles. The molecule has 2 rings (SSSR count). The molecule has 1 aromatic rings. The van der Waals surface area contributed by atoms with E-state index in [1.807, 2.05) is 10.8 Å². The molecule has 0 spiro atoms. The van der Waals surface area contributed by atoms with Crippen LogP contribution < -0.4 is 9.47 Å². The maximum absolute atomic E-state index is 6.12. The summed E-state index contributed by atoms with van der Waals surface area (Å²) in [5.41, 5.74) is -0.609. The van der Waals surface area contributed by atoms with Crippen LogP contribution in [-0.2, 0) is 0 Å². The van der Waals surface area contributed by atoms with Crippen LogP contribution >= 0.6 is 11.3 Å². The minimum Gasteiger partial charge on any atom is -0.482 e. The summed E-state index contributed by atoms with van der Waals surface area (Å²) in [6, 6.07) is 0. The van der Waals surface area contributed by atoms with Gasteiger partial charge in [0.25, 0.3) is 0 Å². The van der Waals surface area contributed by atoms with Gasteiger partial charge in [0.1, 0.15) is 11.2 Å². The van der Waals surface area contributed by atoms with Crippen molar-refractivity contribution in [3.05, 3.63) is 10.8 Å². The molecule has 16 heavy (non-hydrogen) atoms. The molecule has 0 fully saturated rings. The first-order valence-electron chi connectivity index (χ1n) is 5.62. The van der Waals surface area contributed by atoms with Gasteiger partial charge < -0.3 is 9.47 Å². The first-order chi connectivity index (χ1) is 7.17. The largest absolute Gasteiger partial charge is 0.482 e. The highest BCUT2D eigenvalue weighted by Crippen LogP contribution is 2.51. The first-order valence-corrected chi connectivity index (χ1v) is 6.56. The molecule has 1 aliphatic heterocycles. The minimum atomic E-state index is -0.261. The molecule has 0 radical (unpaired) electrons. The maximum Gasteiger partial charge on any atom is 0.172 e. The average molecular weight is 240 g/mol. The summed E-state index contributed by atoms with van der Waals surface area (Å²) in [6.07, 6.45) is 0. The van der Waals surface area contributed by atoms with Crippen molar-refractivity contribution in [2.24, 2.45) is 5.41 Å². The predicted octanol–water partition coefficient (Wildman–Crippen LogP) is 4.10. The van der Waals surface area contributed by atoms with Crippen molar-refractivity contribution >= 4 is 11.3 Å². The van der Waals surface area contributed by atoms with Crippen LogP contribution in [0.25, 0.3) is 0 Å². The fourth-order valence-corrected chi connectivity index (χ4v) is 2.60. The molecule has 0 N–H and O–H groups in total. The lowest BCUT2D eigenvalue weighted by Crippen LogP contribution is -2.57. The van der Waals surface area contributed by atoms with E-state index in [1.54, 1.807) is 11.3 Å². The number of thiophene rings is 1. The summed E-state index contributed by atoms with van der Waals surface area (Å²) in [6.45, 7) is 12.9. The van der Waals surface area contributed by atoms with Gasteiger partial charge in [-0.05, 0) is 27.7 Å². The average Bonchev–Trinajstić information content (AvgIpc) is 2.48. The lowest BCUT2D eigenvalue weighted by molar-refractivity contribution is -0.102. The summed E-state index contributed by atoms with van der Waals surface area (Å²) in [7, 11) is 0. The van der Waals surface area contributed by atoms with E-state index in [1.165, 1.54) is 0 Å². The normalized spacial score (nSPS) is 24.9. The zero-order chi connectivity index (χ0) is 12.2. The van der Waals surface area contributed by atoms with E-state index in [2.05, 4.69) is 41.5 Å². The Morgan fingerprint density at radius 1 is 0.812 bits per heavy atom. The van der Waals surface area contributed by atoms with Gasteiger partial charge >= 0.3 is 0 Å². The molecule has 0 bridgehead atoms. The van der Waals surface area contributed by atoms with Crippen LogP contribution in [0.3, 0.4) is 0 Å². The Morgan fingerprint density at radius 2 is 1.19 bits per heavy atom. The number of fused-ring (bicyclic) bond motifs is 1. The molecule has 0 saturated carbocycles. The predicted molar refractivity (Wildman–Crippen MR) is 67.5 cm³/mol. The molecule has 1 aromatic heterocycles. The molecule has 0 saturated heterocycles. The molecule has 0 aromatic carbocycles. The van der Waals surface area contributed by atoms with Crippen molar-refractivity contribution in [3.63, 3.8) is 0 Å². The van der Waals surface area contributed by atoms with Gasteiger partial charge in [-0.3, -0.25) is 0 Å². The number of hydrogen-bond donors (Lipinski definition) is 0. The highest BCUT2D eigenvalue weighted by Gasteiger charge is 2.53. The topological polar surface area (TPSA) is 18.5 Å². The molecule has 0 aliphatic carbocycles. The van der Waals surface area contributed by atoms with Crippen molar-refractivity contribution in [1.82, 2.24) is 0 Å². The number of rotatable bonds is 0. The van der Waals surface area contributed by atoms with Gasteiger partial charge in [-0.1, -0.05) is 13.8 Å². The van der Waals surface area contributed by atoms with E-state index in [9.17, 15) is 0 Å². The molecule has 3 heteroatoms. The molecule has 0 amide bonds. The maximum atomic E-state index is 6.12. The Hall–Kier alpha value is -0.700. The van der Waals surface area contributed by atoms with Gasteiger partial charge in [-0.2, -0.15) is 0 Å². The smallest absolute Gasteiger partial charge is 0.172 e. The van der Waals surface area contributed by atoms with Crippen molar-refractivity contribution in [2.75, 3.05) is 0 Å². The van der Waals surface area contributed by atoms with Crippen molar-refractivity contribution in [3.8, 4) is 11.5 Å². The van der Waals surface area contributed by atoms with Crippen LogP contribution in [0.1, 0.15) is 41.5 Å². The van der Waals surface area contributed by atoms with E-state index >= 15 is 0 Å². The summed E-state index contributed by atoms with van der Waals surface area (Å²) in [4.78, 5) is 0. The zero-order valence-electron chi connectivity index (χ0n) is 10.9. The fraction of sp³-hybridized carbons (Fsp3) is 0.692. The summed E-state index contributed by atoms with van der Waals surface area (Å²) >= 11 is 1.62. The second kappa shape index (κ2) is 3.16. The van der Waals surface area contributed by atoms with E-state index in [4.69, 9.17) is 9.47 Å². The van der Waals surface area contributed by atoms with Gasteiger partial charge in [0.15, 0.2) is 11.5 Å². The van der Waals surface area contributed by atoms with Crippen molar-refractivity contribution < 1.29 is 9.47 Å². The van der Waals surface area contributed by atoms with E-state index < -0.39 is 0 Å². The van der Waals surface area contributed by atoms with Gasteiger partial charge in [0.05, 0.1) is 0 Å². The Kier molecular flexibility index (Phi) is 2.32. The molecule has 0 unspecified atom stereocenters. The van der Waals surface area contributed by atoms with Gasteiger partial charge in [0.2, 0.25) is 0 Å². The minimum absolute atomic E-state index is 0.0866. The van der Waals surface area contributed by atoms with Gasteiger partial charge in [-0.15, -0.1) is 11.3 Å². The quantitative estimate of drug-likeness (QED) is 0.679. The SMILES string of the molecule is CC1(C)Oc2cscc2OC(C)(C)C1(C)C.